The molecule has 0 unspecified atom stereocenters. The van der Waals surface area contributed by atoms with Crippen molar-refractivity contribution in [3.63, 3.8) is 0 Å². The van der Waals surface area contributed by atoms with Gasteiger partial charge in [-0.1, -0.05) is 31.0 Å². The number of hydrogen-bond acceptors (Lipinski definition) is 2. The molecule has 0 atom stereocenters. The summed E-state index contributed by atoms with van der Waals surface area (Å²) in [5.41, 5.74) is 4.28. The number of nitrogens with zero attached hydrogens (tertiary/aromatic N) is 2. The molecule has 0 aliphatic rings. The molecule has 2 aromatic rings. The lowest BCUT2D eigenvalue weighted by atomic mass is 10.1. The molecule has 0 bridgehead atoms. The zero-order chi connectivity index (χ0) is 14.0. The van der Waals surface area contributed by atoms with Crippen LogP contribution in [0.3, 0.4) is 0 Å². The molecular weight excluding hydrogens is 240 g/mol. The summed E-state index contributed by atoms with van der Waals surface area (Å²) in [6.07, 6.45) is 3.03. The fourth-order valence-corrected chi connectivity index (χ4v) is 2.28. The van der Waals surface area contributed by atoms with E-state index in [9.17, 15) is 9.90 Å². The highest BCUT2D eigenvalue weighted by molar-refractivity contribution is 5.88. The molecule has 1 heterocycles. The van der Waals surface area contributed by atoms with Gasteiger partial charge >= 0.3 is 5.97 Å². The first-order valence-electron chi connectivity index (χ1n) is 6.42. The molecule has 0 fully saturated rings. The second-order valence-electron chi connectivity index (χ2n) is 4.76. The van der Waals surface area contributed by atoms with E-state index in [1.165, 1.54) is 11.8 Å². The minimum atomic E-state index is -0.917. The molecule has 0 saturated heterocycles. The molecule has 1 N–H and O–H groups in total. The van der Waals surface area contributed by atoms with E-state index in [2.05, 4.69) is 11.2 Å². The Morgan fingerprint density at radius 2 is 2.11 bits per heavy atom. The van der Waals surface area contributed by atoms with E-state index >= 15 is 0 Å². The first-order valence-corrected chi connectivity index (χ1v) is 6.42. The lowest BCUT2D eigenvalue weighted by Crippen LogP contribution is -2.07. The summed E-state index contributed by atoms with van der Waals surface area (Å²) < 4.78 is 1.75. The molecule has 100 valence electrons. The van der Waals surface area contributed by atoms with Crippen LogP contribution in [0.2, 0.25) is 0 Å². The number of carboxylic acid groups (broad SMARTS) is 1. The van der Waals surface area contributed by atoms with Crippen molar-refractivity contribution in [1.29, 1.82) is 0 Å². The average molecular weight is 258 g/mol. The predicted octanol–water partition coefficient (Wildman–Crippen LogP) is 3.14. The fraction of sp³-hybridized carbons (Fsp3) is 0.333. The predicted molar refractivity (Wildman–Crippen MR) is 74.0 cm³/mol. The molecule has 1 aromatic heterocycles. The van der Waals surface area contributed by atoms with Gasteiger partial charge in [0.2, 0.25) is 0 Å². The third-order valence-corrected chi connectivity index (χ3v) is 3.17. The molecule has 1 aromatic carbocycles. The first kappa shape index (κ1) is 13.3. The molecule has 19 heavy (non-hydrogen) atoms. The Morgan fingerprint density at radius 3 is 2.68 bits per heavy atom. The number of aryl methyl sites for hydroxylation is 2. The standard InChI is InChI=1S/C15H18N2O2/c1-4-5-14-12(15(18)19)9-16-17(14)13-7-6-10(2)8-11(13)3/h6-9H,4-5H2,1-3H3,(H,18,19). The number of carboxylic acids is 1. The van der Waals surface area contributed by atoms with Crippen molar-refractivity contribution in [2.45, 2.75) is 33.6 Å². The van der Waals surface area contributed by atoms with Crippen LogP contribution in [-0.2, 0) is 6.42 Å². The summed E-state index contributed by atoms with van der Waals surface area (Å²) in [5, 5.41) is 13.5. The highest BCUT2D eigenvalue weighted by Crippen LogP contribution is 2.20. The summed E-state index contributed by atoms with van der Waals surface area (Å²) in [5.74, 6) is -0.917. The van der Waals surface area contributed by atoms with E-state index < -0.39 is 5.97 Å². The SMILES string of the molecule is CCCc1c(C(=O)O)cnn1-c1ccc(C)cc1C. The van der Waals surface area contributed by atoms with Crippen molar-refractivity contribution in [1.82, 2.24) is 9.78 Å². The maximum Gasteiger partial charge on any atom is 0.339 e. The van der Waals surface area contributed by atoms with Crippen molar-refractivity contribution >= 4 is 5.97 Å². The summed E-state index contributed by atoms with van der Waals surface area (Å²) in [6.45, 7) is 6.08. The quantitative estimate of drug-likeness (QED) is 0.916. The largest absolute Gasteiger partial charge is 0.478 e. The normalized spacial score (nSPS) is 10.7. The summed E-state index contributed by atoms with van der Waals surface area (Å²) in [7, 11) is 0. The Labute approximate surface area is 112 Å². The lowest BCUT2D eigenvalue weighted by molar-refractivity contribution is 0.0695. The van der Waals surface area contributed by atoms with Gasteiger partial charge in [-0.05, 0) is 31.9 Å². The molecule has 0 saturated carbocycles. The van der Waals surface area contributed by atoms with Gasteiger partial charge < -0.3 is 5.11 Å². The Balaban J connectivity index is 2.58. The van der Waals surface area contributed by atoms with Gasteiger partial charge in [-0.15, -0.1) is 0 Å². The molecular formula is C15H18N2O2. The van der Waals surface area contributed by atoms with E-state index in [1.807, 2.05) is 32.9 Å². The molecule has 4 heteroatoms. The molecule has 4 nitrogen and oxygen atoms in total. The van der Waals surface area contributed by atoms with Crippen LogP contribution in [0.15, 0.2) is 24.4 Å². The van der Waals surface area contributed by atoms with Gasteiger partial charge in [0, 0.05) is 0 Å². The average Bonchev–Trinajstić information content (AvgIpc) is 2.73. The van der Waals surface area contributed by atoms with Crippen LogP contribution < -0.4 is 0 Å². The van der Waals surface area contributed by atoms with Crippen LogP contribution in [0, 0.1) is 13.8 Å². The molecule has 0 aliphatic heterocycles. The molecule has 0 spiro atoms. The Bertz CT molecular complexity index is 615. The fourth-order valence-electron chi connectivity index (χ4n) is 2.28. The Hall–Kier alpha value is -2.10. The Morgan fingerprint density at radius 1 is 1.37 bits per heavy atom. The Kier molecular flexibility index (Phi) is 3.69. The van der Waals surface area contributed by atoms with E-state index in [-0.39, 0.29) is 0 Å². The molecule has 0 radical (unpaired) electrons. The number of benzene rings is 1. The van der Waals surface area contributed by atoms with Crippen molar-refractivity contribution in [3.8, 4) is 5.69 Å². The highest BCUT2D eigenvalue weighted by Gasteiger charge is 2.17. The second-order valence-corrected chi connectivity index (χ2v) is 4.76. The zero-order valence-electron chi connectivity index (χ0n) is 11.5. The highest BCUT2D eigenvalue weighted by atomic mass is 16.4. The number of aromatic nitrogens is 2. The van der Waals surface area contributed by atoms with Crippen LogP contribution in [0.5, 0.6) is 0 Å². The van der Waals surface area contributed by atoms with Crippen molar-refractivity contribution in [2.24, 2.45) is 0 Å². The van der Waals surface area contributed by atoms with Gasteiger partial charge in [0.15, 0.2) is 0 Å². The maximum atomic E-state index is 11.2. The van der Waals surface area contributed by atoms with Crippen LogP contribution in [-0.4, -0.2) is 20.9 Å². The maximum absolute atomic E-state index is 11.2. The summed E-state index contributed by atoms with van der Waals surface area (Å²) in [6, 6.07) is 6.08. The second kappa shape index (κ2) is 5.26. The van der Waals surface area contributed by atoms with Gasteiger partial charge in [-0.2, -0.15) is 5.10 Å². The molecule has 0 aliphatic carbocycles. The lowest BCUT2D eigenvalue weighted by Gasteiger charge is -2.11. The van der Waals surface area contributed by atoms with Gasteiger partial charge in [0.25, 0.3) is 0 Å². The van der Waals surface area contributed by atoms with Crippen molar-refractivity contribution < 1.29 is 9.90 Å². The van der Waals surface area contributed by atoms with Crippen LogP contribution in [0.25, 0.3) is 5.69 Å². The number of aromatic carboxylic acids is 1. The topological polar surface area (TPSA) is 55.1 Å². The van der Waals surface area contributed by atoms with Crippen molar-refractivity contribution in [2.75, 3.05) is 0 Å². The summed E-state index contributed by atoms with van der Waals surface area (Å²) >= 11 is 0. The van der Waals surface area contributed by atoms with Gasteiger partial charge in [0.05, 0.1) is 17.6 Å². The monoisotopic (exact) mass is 258 g/mol. The number of hydrogen-bond donors (Lipinski definition) is 1. The minimum Gasteiger partial charge on any atom is -0.478 e. The smallest absolute Gasteiger partial charge is 0.339 e. The van der Waals surface area contributed by atoms with Gasteiger partial charge in [-0.3, -0.25) is 0 Å². The van der Waals surface area contributed by atoms with Crippen LogP contribution >= 0.6 is 0 Å². The molecule has 2 rings (SSSR count). The van der Waals surface area contributed by atoms with Crippen LogP contribution in [0.1, 0.15) is 40.5 Å². The molecule has 0 amide bonds. The summed E-state index contributed by atoms with van der Waals surface area (Å²) in [4.78, 5) is 11.2. The van der Waals surface area contributed by atoms with Gasteiger partial charge in [0.1, 0.15) is 5.56 Å². The first-order chi connectivity index (χ1) is 9.04. The van der Waals surface area contributed by atoms with E-state index in [0.29, 0.717) is 12.0 Å². The van der Waals surface area contributed by atoms with E-state index in [1.54, 1.807) is 4.68 Å². The third-order valence-electron chi connectivity index (χ3n) is 3.17. The number of carbonyl (C=O) groups is 1. The zero-order valence-corrected chi connectivity index (χ0v) is 11.5. The number of rotatable bonds is 4. The van der Waals surface area contributed by atoms with Crippen LogP contribution in [0.4, 0.5) is 0 Å². The van der Waals surface area contributed by atoms with E-state index in [0.717, 1.165) is 23.4 Å². The third kappa shape index (κ3) is 2.52. The van der Waals surface area contributed by atoms with E-state index in [4.69, 9.17) is 0 Å². The van der Waals surface area contributed by atoms with Gasteiger partial charge in [-0.25, -0.2) is 9.48 Å². The van der Waals surface area contributed by atoms with Crippen molar-refractivity contribution in [3.05, 3.63) is 46.8 Å². The minimum absolute atomic E-state index is 0.293.